The van der Waals surface area contributed by atoms with Gasteiger partial charge >= 0.3 is 0 Å². The summed E-state index contributed by atoms with van der Waals surface area (Å²) in [5.41, 5.74) is 0. The molecular formula is C14H23N3OS. The predicted octanol–water partition coefficient (Wildman–Crippen LogP) is 3.10. The number of rotatable bonds is 6. The van der Waals surface area contributed by atoms with Crippen LogP contribution in [-0.2, 0) is 6.54 Å². The summed E-state index contributed by atoms with van der Waals surface area (Å²) in [6.45, 7) is 2.97. The summed E-state index contributed by atoms with van der Waals surface area (Å²) >= 11 is 2.09. The molecule has 2 aliphatic carbocycles. The van der Waals surface area contributed by atoms with Gasteiger partial charge in [0.1, 0.15) is 0 Å². The predicted molar refractivity (Wildman–Crippen MR) is 77.3 cm³/mol. The Kier molecular flexibility index (Phi) is 4.43. The standard InChI is InChI=1S/C14H23N3OS/c1-2-19-12-6-4-3-5-11(12)15-9-13-16-14(17-18-13)10-7-8-10/h10-12,15H,2-9H2,1H3/t11-,12-/m0/s1. The van der Waals surface area contributed by atoms with Gasteiger partial charge in [-0.15, -0.1) is 0 Å². The molecule has 106 valence electrons. The van der Waals surface area contributed by atoms with Gasteiger partial charge in [-0.25, -0.2) is 0 Å². The van der Waals surface area contributed by atoms with Crippen molar-refractivity contribution in [2.24, 2.45) is 0 Å². The molecule has 1 heterocycles. The van der Waals surface area contributed by atoms with Crippen molar-refractivity contribution in [3.63, 3.8) is 0 Å². The minimum Gasteiger partial charge on any atom is -0.338 e. The van der Waals surface area contributed by atoms with Crippen LogP contribution in [-0.4, -0.2) is 27.2 Å². The number of aromatic nitrogens is 2. The van der Waals surface area contributed by atoms with E-state index in [0.29, 0.717) is 12.0 Å². The topological polar surface area (TPSA) is 51.0 Å². The molecule has 2 fully saturated rings. The van der Waals surface area contributed by atoms with E-state index in [4.69, 9.17) is 4.52 Å². The molecule has 0 bridgehead atoms. The van der Waals surface area contributed by atoms with E-state index in [0.717, 1.165) is 23.5 Å². The highest BCUT2D eigenvalue weighted by atomic mass is 32.2. The van der Waals surface area contributed by atoms with E-state index in [1.807, 2.05) is 0 Å². The fourth-order valence-electron chi connectivity index (χ4n) is 2.81. The van der Waals surface area contributed by atoms with Gasteiger partial charge in [-0.1, -0.05) is 24.9 Å². The third kappa shape index (κ3) is 3.51. The van der Waals surface area contributed by atoms with Gasteiger partial charge in [-0.3, -0.25) is 0 Å². The summed E-state index contributed by atoms with van der Waals surface area (Å²) in [6.07, 6.45) is 7.79. The van der Waals surface area contributed by atoms with E-state index in [1.165, 1.54) is 44.3 Å². The lowest BCUT2D eigenvalue weighted by Crippen LogP contribution is -2.40. The number of hydrogen-bond donors (Lipinski definition) is 1. The van der Waals surface area contributed by atoms with Crippen LogP contribution in [0.15, 0.2) is 4.52 Å². The third-order valence-corrected chi connectivity index (χ3v) is 5.35. The van der Waals surface area contributed by atoms with Crippen LogP contribution in [0.4, 0.5) is 0 Å². The fourth-order valence-corrected chi connectivity index (χ4v) is 4.04. The Morgan fingerprint density at radius 2 is 2.11 bits per heavy atom. The van der Waals surface area contributed by atoms with Crippen molar-refractivity contribution >= 4 is 11.8 Å². The molecule has 0 radical (unpaired) electrons. The van der Waals surface area contributed by atoms with Crippen molar-refractivity contribution in [3.05, 3.63) is 11.7 Å². The molecule has 0 aromatic carbocycles. The lowest BCUT2D eigenvalue weighted by Gasteiger charge is -2.31. The van der Waals surface area contributed by atoms with Crippen LogP contribution in [0.25, 0.3) is 0 Å². The van der Waals surface area contributed by atoms with Crippen LogP contribution in [0.5, 0.6) is 0 Å². The van der Waals surface area contributed by atoms with Gasteiger partial charge in [0, 0.05) is 17.2 Å². The second-order valence-electron chi connectivity index (χ2n) is 5.59. The zero-order valence-corrected chi connectivity index (χ0v) is 12.4. The Bertz CT molecular complexity index is 403. The first kappa shape index (κ1) is 13.4. The van der Waals surface area contributed by atoms with E-state index in [9.17, 15) is 0 Å². The van der Waals surface area contributed by atoms with Crippen molar-refractivity contribution in [3.8, 4) is 0 Å². The Morgan fingerprint density at radius 3 is 2.89 bits per heavy atom. The van der Waals surface area contributed by atoms with Crippen LogP contribution in [0.2, 0.25) is 0 Å². The minimum absolute atomic E-state index is 0.579. The lowest BCUT2D eigenvalue weighted by atomic mass is 9.95. The highest BCUT2D eigenvalue weighted by molar-refractivity contribution is 7.99. The first-order valence-corrected chi connectivity index (χ1v) is 8.59. The van der Waals surface area contributed by atoms with Gasteiger partial charge in [0.25, 0.3) is 0 Å². The van der Waals surface area contributed by atoms with Gasteiger partial charge < -0.3 is 9.84 Å². The molecule has 19 heavy (non-hydrogen) atoms. The monoisotopic (exact) mass is 281 g/mol. The molecule has 3 rings (SSSR count). The SMILES string of the molecule is CCS[C@H]1CCCC[C@@H]1NCc1nc(C2CC2)no1. The Balaban J connectivity index is 1.51. The largest absolute Gasteiger partial charge is 0.338 e. The second-order valence-corrected chi connectivity index (χ2v) is 7.10. The Morgan fingerprint density at radius 1 is 1.26 bits per heavy atom. The van der Waals surface area contributed by atoms with E-state index >= 15 is 0 Å². The highest BCUT2D eigenvalue weighted by Gasteiger charge is 2.29. The van der Waals surface area contributed by atoms with Gasteiger partial charge in [-0.05, 0) is 31.4 Å². The molecule has 4 nitrogen and oxygen atoms in total. The van der Waals surface area contributed by atoms with Gasteiger partial charge in [-0.2, -0.15) is 16.7 Å². The maximum Gasteiger partial charge on any atom is 0.240 e. The zero-order chi connectivity index (χ0) is 13.1. The average Bonchev–Trinajstić information content (AvgIpc) is 3.18. The van der Waals surface area contributed by atoms with Crippen molar-refractivity contribution in [1.29, 1.82) is 0 Å². The molecule has 0 aliphatic heterocycles. The van der Waals surface area contributed by atoms with Crippen LogP contribution in [0.1, 0.15) is 63.1 Å². The number of nitrogens with one attached hydrogen (secondary N) is 1. The van der Waals surface area contributed by atoms with E-state index in [1.54, 1.807) is 0 Å². The van der Waals surface area contributed by atoms with Gasteiger partial charge in [0.15, 0.2) is 5.82 Å². The molecule has 2 saturated carbocycles. The third-order valence-electron chi connectivity index (χ3n) is 4.03. The molecule has 2 atom stereocenters. The summed E-state index contributed by atoms with van der Waals surface area (Å²) in [5.74, 6) is 3.46. The molecule has 1 aromatic heterocycles. The van der Waals surface area contributed by atoms with E-state index in [-0.39, 0.29) is 0 Å². The quantitative estimate of drug-likeness (QED) is 0.868. The first-order valence-electron chi connectivity index (χ1n) is 7.54. The van der Waals surface area contributed by atoms with Crippen LogP contribution < -0.4 is 5.32 Å². The fraction of sp³-hybridized carbons (Fsp3) is 0.857. The van der Waals surface area contributed by atoms with Crippen molar-refractivity contribution in [1.82, 2.24) is 15.5 Å². The maximum absolute atomic E-state index is 5.32. The molecule has 1 N–H and O–H groups in total. The van der Waals surface area contributed by atoms with Crippen LogP contribution in [0.3, 0.4) is 0 Å². The molecule has 2 aliphatic rings. The molecule has 0 saturated heterocycles. The summed E-state index contributed by atoms with van der Waals surface area (Å²) < 4.78 is 5.32. The van der Waals surface area contributed by atoms with E-state index in [2.05, 4.69) is 34.1 Å². The second kappa shape index (κ2) is 6.27. The van der Waals surface area contributed by atoms with Crippen molar-refractivity contribution in [2.45, 2.75) is 69.2 Å². The number of hydrogen-bond acceptors (Lipinski definition) is 5. The van der Waals surface area contributed by atoms with Crippen molar-refractivity contribution < 1.29 is 4.52 Å². The number of nitrogens with zero attached hydrogens (tertiary/aromatic N) is 2. The minimum atomic E-state index is 0.579. The smallest absolute Gasteiger partial charge is 0.240 e. The molecule has 1 aromatic rings. The lowest BCUT2D eigenvalue weighted by molar-refractivity contribution is 0.330. The van der Waals surface area contributed by atoms with Crippen LogP contribution >= 0.6 is 11.8 Å². The van der Waals surface area contributed by atoms with Crippen LogP contribution in [0, 0.1) is 0 Å². The first-order chi connectivity index (χ1) is 9.36. The Labute approximate surface area is 119 Å². The zero-order valence-electron chi connectivity index (χ0n) is 11.6. The summed E-state index contributed by atoms with van der Waals surface area (Å²) in [7, 11) is 0. The van der Waals surface area contributed by atoms with E-state index < -0.39 is 0 Å². The highest BCUT2D eigenvalue weighted by Crippen LogP contribution is 2.38. The molecular weight excluding hydrogens is 258 g/mol. The summed E-state index contributed by atoms with van der Waals surface area (Å²) in [6, 6.07) is 0.606. The van der Waals surface area contributed by atoms with Gasteiger partial charge in [0.2, 0.25) is 5.89 Å². The molecule has 0 amide bonds. The molecule has 0 unspecified atom stereocenters. The summed E-state index contributed by atoms with van der Waals surface area (Å²) in [4.78, 5) is 4.48. The average molecular weight is 281 g/mol. The Hall–Kier alpha value is -0.550. The maximum atomic E-state index is 5.32. The molecule has 0 spiro atoms. The number of thioether (sulfide) groups is 1. The molecule has 5 heteroatoms. The summed E-state index contributed by atoms with van der Waals surface area (Å²) in [5, 5.41) is 8.45. The van der Waals surface area contributed by atoms with Crippen molar-refractivity contribution in [2.75, 3.05) is 5.75 Å². The normalized spacial score (nSPS) is 27.6. The van der Waals surface area contributed by atoms with Gasteiger partial charge in [0.05, 0.1) is 6.54 Å².